The highest BCUT2D eigenvalue weighted by Gasteiger charge is 2.06. The number of rotatable bonds is 1. The first-order chi connectivity index (χ1) is 7.36. The lowest BCUT2D eigenvalue weighted by molar-refractivity contribution is 1.50. The van der Waals surface area contributed by atoms with Gasteiger partial charge in [0.15, 0.2) is 0 Å². The fraction of sp³-hybridized carbons (Fsp3) is 0.250. The Balaban J connectivity index is 0.000000531. The maximum absolute atomic E-state index is 8.90. The van der Waals surface area contributed by atoms with Crippen molar-refractivity contribution in [3.63, 3.8) is 0 Å². The average Bonchev–Trinajstić information content (AvgIpc) is 2.74. The SMILES string of the molecule is CC.CNc1csc2cccc(C#N)c12. The van der Waals surface area contributed by atoms with Gasteiger partial charge in [0.1, 0.15) is 0 Å². The smallest absolute Gasteiger partial charge is 0.0999 e. The van der Waals surface area contributed by atoms with Gasteiger partial charge in [-0.2, -0.15) is 5.26 Å². The fourth-order valence-corrected chi connectivity index (χ4v) is 2.34. The Kier molecular flexibility index (Phi) is 4.14. The summed E-state index contributed by atoms with van der Waals surface area (Å²) in [5, 5.41) is 15.1. The molecule has 0 saturated heterocycles. The van der Waals surface area contributed by atoms with Crippen molar-refractivity contribution < 1.29 is 0 Å². The van der Waals surface area contributed by atoms with Gasteiger partial charge in [-0.1, -0.05) is 19.9 Å². The molecule has 0 aliphatic rings. The second kappa shape index (κ2) is 5.38. The van der Waals surface area contributed by atoms with Crippen LogP contribution < -0.4 is 5.32 Å². The van der Waals surface area contributed by atoms with Gasteiger partial charge < -0.3 is 5.32 Å². The van der Waals surface area contributed by atoms with Crippen molar-refractivity contribution >= 4 is 27.1 Å². The molecule has 0 fully saturated rings. The second-order valence-corrected chi connectivity index (χ2v) is 3.60. The highest BCUT2D eigenvalue weighted by molar-refractivity contribution is 7.17. The van der Waals surface area contributed by atoms with Gasteiger partial charge in [0, 0.05) is 22.5 Å². The molecular weight excluding hydrogens is 204 g/mol. The maximum atomic E-state index is 8.90. The maximum Gasteiger partial charge on any atom is 0.0999 e. The van der Waals surface area contributed by atoms with Crippen LogP contribution in [-0.2, 0) is 0 Å². The first kappa shape index (κ1) is 11.5. The van der Waals surface area contributed by atoms with Crippen LogP contribution in [0, 0.1) is 11.3 Å². The second-order valence-electron chi connectivity index (χ2n) is 2.69. The molecule has 2 rings (SSSR count). The molecule has 0 amide bonds. The van der Waals surface area contributed by atoms with Crippen LogP contribution in [0.5, 0.6) is 0 Å². The molecular formula is C12H14N2S. The Labute approximate surface area is 94.2 Å². The molecule has 2 nitrogen and oxygen atoms in total. The third-order valence-corrected chi connectivity index (χ3v) is 2.94. The zero-order chi connectivity index (χ0) is 11.3. The summed E-state index contributed by atoms with van der Waals surface area (Å²) in [6.45, 7) is 4.00. The molecule has 0 bridgehead atoms. The van der Waals surface area contributed by atoms with Crippen LogP contribution in [0.3, 0.4) is 0 Å². The molecule has 0 unspecified atom stereocenters. The Morgan fingerprint density at radius 3 is 2.67 bits per heavy atom. The quantitative estimate of drug-likeness (QED) is 0.789. The van der Waals surface area contributed by atoms with Crippen molar-refractivity contribution in [1.82, 2.24) is 0 Å². The minimum atomic E-state index is 0.739. The number of hydrogen-bond acceptors (Lipinski definition) is 3. The first-order valence-corrected chi connectivity index (χ1v) is 5.83. The van der Waals surface area contributed by atoms with E-state index in [0.29, 0.717) is 0 Å². The van der Waals surface area contributed by atoms with E-state index in [0.717, 1.165) is 21.3 Å². The predicted octanol–water partition coefficient (Wildman–Crippen LogP) is 3.84. The zero-order valence-electron chi connectivity index (χ0n) is 9.16. The van der Waals surface area contributed by atoms with Crippen molar-refractivity contribution in [2.24, 2.45) is 0 Å². The summed E-state index contributed by atoms with van der Waals surface area (Å²) in [5.41, 5.74) is 1.78. The average molecular weight is 218 g/mol. The van der Waals surface area contributed by atoms with Crippen LogP contribution in [0.2, 0.25) is 0 Å². The summed E-state index contributed by atoms with van der Waals surface area (Å²) in [5.74, 6) is 0. The van der Waals surface area contributed by atoms with Crippen LogP contribution in [0.1, 0.15) is 19.4 Å². The molecule has 78 valence electrons. The number of nitriles is 1. The number of thiophene rings is 1. The van der Waals surface area contributed by atoms with Crippen LogP contribution in [0.4, 0.5) is 5.69 Å². The van der Waals surface area contributed by atoms with Crippen molar-refractivity contribution in [2.45, 2.75) is 13.8 Å². The zero-order valence-corrected chi connectivity index (χ0v) is 9.98. The summed E-state index contributed by atoms with van der Waals surface area (Å²) in [7, 11) is 1.87. The van der Waals surface area contributed by atoms with Crippen LogP contribution in [0.15, 0.2) is 23.6 Å². The van der Waals surface area contributed by atoms with E-state index in [1.165, 1.54) is 0 Å². The van der Waals surface area contributed by atoms with Gasteiger partial charge in [-0.15, -0.1) is 11.3 Å². The first-order valence-electron chi connectivity index (χ1n) is 4.95. The molecule has 15 heavy (non-hydrogen) atoms. The molecule has 1 N–H and O–H groups in total. The van der Waals surface area contributed by atoms with E-state index in [9.17, 15) is 0 Å². The van der Waals surface area contributed by atoms with Gasteiger partial charge in [-0.05, 0) is 12.1 Å². The normalized spacial score (nSPS) is 8.93. The summed E-state index contributed by atoms with van der Waals surface area (Å²) < 4.78 is 1.16. The standard InChI is InChI=1S/C10H8N2S.C2H6/c1-12-8-6-13-9-4-2-3-7(5-11)10(8)9;1-2/h2-4,6,12H,1H3;1-2H3. The third kappa shape index (κ3) is 2.11. The van der Waals surface area contributed by atoms with E-state index >= 15 is 0 Å². The molecule has 0 aliphatic heterocycles. The van der Waals surface area contributed by atoms with Crippen LogP contribution in [-0.4, -0.2) is 7.05 Å². The molecule has 2 aromatic rings. The van der Waals surface area contributed by atoms with Crippen LogP contribution >= 0.6 is 11.3 Å². The molecule has 0 aliphatic carbocycles. The van der Waals surface area contributed by atoms with Gasteiger partial charge >= 0.3 is 0 Å². The Morgan fingerprint density at radius 2 is 2.07 bits per heavy atom. The number of fused-ring (bicyclic) bond motifs is 1. The van der Waals surface area contributed by atoms with Gasteiger partial charge in [0.2, 0.25) is 0 Å². The monoisotopic (exact) mass is 218 g/mol. The topological polar surface area (TPSA) is 35.8 Å². The highest BCUT2D eigenvalue weighted by atomic mass is 32.1. The van der Waals surface area contributed by atoms with Crippen molar-refractivity contribution in [1.29, 1.82) is 5.26 Å². The van der Waals surface area contributed by atoms with E-state index in [2.05, 4.69) is 11.4 Å². The Morgan fingerprint density at radius 1 is 1.33 bits per heavy atom. The molecule has 1 aromatic carbocycles. The van der Waals surface area contributed by atoms with Gasteiger partial charge in [-0.3, -0.25) is 0 Å². The van der Waals surface area contributed by atoms with Crippen molar-refractivity contribution in [2.75, 3.05) is 12.4 Å². The van der Waals surface area contributed by atoms with Gasteiger partial charge in [0.25, 0.3) is 0 Å². The summed E-state index contributed by atoms with van der Waals surface area (Å²) in [6.07, 6.45) is 0. The molecule has 0 spiro atoms. The number of benzene rings is 1. The number of nitrogens with zero attached hydrogens (tertiary/aromatic N) is 1. The molecule has 1 heterocycles. The highest BCUT2D eigenvalue weighted by Crippen LogP contribution is 2.32. The van der Waals surface area contributed by atoms with E-state index < -0.39 is 0 Å². The molecule has 0 radical (unpaired) electrons. The lowest BCUT2D eigenvalue weighted by Gasteiger charge is -1.97. The summed E-state index contributed by atoms with van der Waals surface area (Å²) in [4.78, 5) is 0. The molecule has 0 saturated carbocycles. The molecule has 0 atom stereocenters. The van der Waals surface area contributed by atoms with E-state index in [1.807, 2.05) is 44.5 Å². The number of nitrogens with one attached hydrogen (secondary N) is 1. The largest absolute Gasteiger partial charge is 0.387 e. The summed E-state index contributed by atoms with van der Waals surface area (Å²) >= 11 is 1.65. The number of anilines is 1. The fourth-order valence-electron chi connectivity index (χ4n) is 1.37. The van der Waals surface area contributed by atoms with Gasteiger partial charge in [-0.25, -0.2) is 0 Å². The van der Waals surface area contributed by atoms with E-state index in [4.69, 9.17) is 5.26 Å². The minimum absolute atomic E-state index is 0.739. The van der Waals surface area contributed by atoms with Gasteiger partial charge in [0.05, 0.1) is 17.3 Å². The van der Waals surface area contributed by atoms with E-state index in [1.54, 1.807) is 11.3 Å². The Bertz CT molecular complexity index is 480. The van der Waals surface area contributed by atoms with Crippen molar-refractivity contribution in [3.8, 4) is 6.07 Å². The minimum Gasteiger partial charge on any atom is -0.387 e. The third-order valence-electron chi connectivity index (χ3n) is 1.99. The van der Waals surface area contributed by atoms with E-state index in [-0.39, 0.29) is 0 Å². The Hall–Kier alpha value is -1.53. The van der Waals surface area contributed by atoms with Crippen LogP contribution in [0.25, 0.3) is 10.1 Å². The summed E-state index contributed by atoms with van der Waals surface area (Å²) in [6, 6.07) is 7.98. The number of hydrogen-bond donors (Lipinski definition) is 1. The predicted molar refractivity (Wildman–Crippen MR) is 67.4 cm³/mol. The molecule has 3 heteroatoms. The lowest BCUT2D eigenvalue weighted by atomic mass is 10.1. The van der Waals surface area contributed by atoms with Crippen molar-refractivity contribution in [3.05, 3.63) is 29.1 Å². The lowest BCUT2D eigenvalue weighted by Crippen LogP contribution is -1.86. The molecule has 1 aromatic heterocycles.